The number of ether oxygens (including phenoxy) is 1. The summed E-state index contributed by atoms with van der Waals surface area (Å²) in [6.07, 6.45) is 0.788. The van der Waals surface area contributed by atoms with Crippen molar-refractivity contribution in [3.8, 4) is 0 Å². The predicted molar refractivity (Wildman–Crippen MR) is 94.7 cm³/mol. The first-order chi connectivity index (χ1) is 12.1. The van der Waals surface area contributed by atoms with Crippen molar-refractivity contribution in [2.45, 2.75) is 39.7 Å². The summed E-state index contributed by atoms with van der Waals surface area (Å²) in [6, 6.07) is 5.35. The molecule has 0 saturated heterocycles. The molecule has 0 bridgehead atoms. The van der Waals surface area contributed by atoms with Crippen LogP contribution in [0.1, 0.15) is 34.1 Å². The van der Waals surface area contributed by atoms with Gasteiger partial charge in [0.2, 0.25) is 5.91 Å². The summed E-state index contributed by atoms with van der Waals surface area (Å²) in [5.41, 5.74) is -0.192. The number of hydrogen-bond donors (Lipinski definition) is 1. The van der Waals surface area contributed by atoms with Crippen LogP contribution in [0.3, 0.4) is 0 Å². The van der Waals surface area contributed by atoms with Crippen molar-refractivity contribution in [3.63, 3.8) is 0 Å². The molecule has 6 nitrogen and oxygen atoms in total. The number of hydrogen-bond acceptors (Lipinski definition) is 4. The summed E-state index contributed by atoms with van der Waals surface area (Å²) < 4.78 is 18.0. The zero-order valence-corrected chi connectivity index (χ0v) is 15.5. The second-order valence-electron chi connectivity index (χ2n) is 7.63. The molecule has 0 heterocycles. The first-order valence-electron chi connectivity index (χ1n) is 8.60. The first-order valence-corrected chi connectivity index (χ1v) is 8.60. The highest BCUT2D eigenvalue weighted by molar-refractivity contribution is 5.95. The van der Waals surface area contributed by atoms with Crippen LogP contribution in [-0.4, -0.2) is 41.4 Å². The molecule has 7 heteroatoms. The quantitative estimate of drug-likeness (QED) is 0.787. The Balaban J connectivity index is 1.93. The Labute approximate surface area is 152 Å². The topological polar surface area (TPSA) is 75.7 Å². The smallest absolute Gasteiger partial charge is 0.309 e. The molecule has 1 fully saturated rings. The van der Waals surface area contributed by atoms with Crippen molar-refractivity contribution >= 4 is 23.5 Å². The normalized spacial score (nSPS) is 18.8. The van der Waals surface area contributed by atoms with E-state index in [1.807, 2.05) is 6.92 Å². The van der Waals surface area contributed by atoms with Crippen molar-refractivity contribution in [2.24, 2.45) is 11.8 Å². The number of nitrogens with zero attached hydrogens (tertiary/aromatic N) is 1. The molecule has 0 unspecified atom stereocenters. The predicted octanol–water partition coefficient (Wildman–Crippen LogP) is 2.59. The lowest BCUT2D eigenvalue weighted by atomic mass is 10.1. The largest absolute Gasteiger partial charge is 0.455 e. The van der Waals surface area contributed by atoms with E-state index in [1.165, 1.54) is 29.2 Å². The Kier molecular flexibility index (Phi) is 6.00. The molecular formula is C19H25FN2O4. The molecule has 26 heavy (non-hydrogen) atoms. The number of amides is 2. The Morgan fingerprint density at radius 1 is 1.23 bits per heavy atom. The Morgan fingerprint density at radius 3 is 2.31 bits per heavy atom. The van der Waals surface area contributed by atoms with Gasteiger partial charge in [0.25, 0.3) is 5.91 Å². The minimum Gasteiger partial charge on any atom is -0.455 e. The highest BCUT2D eigenvalue weighted by atomic mass is 19.1. The number of carbonyl (C=O) groups excluding carboxylic acids is 3. The van der Waals surface area contributed by atoms with E-state index in [1.54, 1.807) is 20.8 Å². The molecule has 0 radical (unpaired) electrons. The third kappa shape index (κ3) is 5.54. The summed E-state index contributed by atoms with van der Waals surface area (Å²) >= 11 is 0. The number of nitrogens with one attached hydrogen (secondary N) is 1. The molecule has 1 aromatic carbocycles. The number of esters is 1. The van der Waals surface area contributed by atoms with Crippen LogP contribution in [0, 0.1) is 17.7 Å². The van der Waals surface area contributed by atoms with Gasteiger partial charge in [-0.2, -0.15) is 0 Å². The maximum atomic E-state index is 12.9. The van der Waals surface area contributed by atoms with E-state index in [2.05, 4.69) is 5.32 Å². The maximum Gasteiger partial charge on any atom is 0.309 e. The van der Waals surface area contributed by atoms with E-state index < -0.39 is 23.2 Å². The van der Waals surface area contributed by atoms with Gasteiger partial charge in [-0.25, -0.2) is 4.39 Å². The van der Waals surface area contributed by atoms with Crippen LogP contribution in [0.2, 0.25) is 0 Å². The fourth-order valence-corrected chi connectivity index (χ4v) is 2.55. The van der Waals surface area contributed by atoms with Crippen molar-refractivity contribution in [1.29, 1.82) is 0 Å². The third-order valence-electron chi connectivity index (χ3n) is 4.29. The standard InChI is InChI=1S/C19H25FN2O4/c1-12-9-15(12)18(25)26-11-17(24)22(19(2,3)4)10-16(23)21-14-7-5-13(20)6-8-14/h5-8,12,15H,9-11H2,1-4H3,(H,21,23)/t12-,15-/m0/s1. The summed E-state index contributed by atoms with van der Waals surface area (Å²) in [6.45, 7) is 6.75. The fraction of sp³-hybridized carbons (Fsp3) is 0.526. The highest BCUT2D eigenvalue weighted by Crippen LogP contribution is 2.38. The molecular weight excluding hydrogens is 339 g/mol. The van der Waals surface area contributed by atoms with Crippen molar-refractivity contribution in [2.75, 3.05) is 18.5 Å². The van der Waals surface area contributed by atoms with Gasteiger partial charge in [0.15, 0.2) is 6.61 Å². The lowest BCUT2D eigenvalue weighted by molar-refractivity contribution is -0.156. The van der Waals surface area contributed by atoms with E-state index in [-0.39, 0.29) is 25.0 Å². The molecule has 0 aliphatic heterocycles. The Morgan fingerprint density at radius 2 is 1.81 bits per heavy atom. The zero-order valence-electron chi connectivity index (χ0n) is 15.5. The van der Waals surface area contributed by atoms with Gasteiger partial charge in [0, 0.05) is 11.2 Å². The molecule has 142 valence electrons. The van der Waals surface area contributed by atoms with E-state index in [9.17, 15) is 18.8 Å². The second-order valence-corrected chi connectivity index (χ2v) is 7.63. The molecule has 2 amide bonds. The number of benzene rings is 1. The van der Waals surface area contributed by atoms with Crippen molar-refractivity contribution in [3.05, 3.63) is 30.1 Å². The minimum atomic E-state index is -0.628. The number of halogens is 1. The van der Waals surface area contributed by atoms with Crippen LogP contribution in [-0.2, 0) is 19.1 Å². The number of carbonyl (C=O) groups is 3. The van der Waals surface area contributed by atoms with E-state index in [4.69, 9.17) is 4.74 Å². The van der Waals surface area contributed by atoms with Gasteiger partial charge in [-0.3, -0.25) is 14.4 Å². The number of anilines is 1. The van der Waals surface area contributed by atoms with Crippen molar-refractivity contribution in [1.82, 2.24) is 4.90 Å². The van der Waals surface area contributed by atoms with Gasteiger partial charge in [-0.15, -0.1) is 0 Å². The lowest BCUT2D eigenvalue weighted by Gasteiger charge is -2.35. The number of rotatable bonds is 6. The van der Waals surface area contributed by atoms with Gasteiger partial charge in [0.05, 0.1) is 5.92 Å². The molecule has 1 aliphatic rings. The van der Waals surface area contributed by atoms with Gasteiger partial charge in [0.1, 0.15) is 12.4 Å². The van der Waals surface area contributed by atoms with Gasteiger partial charge < -0.3 is 15.0 Å². The zero-order chi connectivity index (χ0) is 19.5. The average Bonchev–Trinajstić information content (AvgIpc) is 3.28. The average molecular weight is 364 g/mol. The van der Waals surface area contributed by atoms with Crippen molar-refractivity contribution < 1.29 is 23.5 Å². The minimum absolute atomic E-state index is 0.118. The third-order valence-corrected chi connectivity index (χ3v) is 4.29. The molecule has 1 aliphatic carbocycles. The monoisotopic (exact) mass is 364 g/mol. The Bertz CT molecular complexity index is 682. The van der Waals surface area contributed by atoms with Crippen LogP contribution in [0.5, 0.6) is 0 Å². The van der Waals surface area contributed by atoms with Gasteiger partial charge >= 0.3 is 5.97 Å². The lowest BCUT2D eigenvalue weighted by Crippen LogP contribution is -2.50. The molecule has 1 saturated carbocycles. The summed E-state index contributed by atoms with van der Waals surface area (Å²) in [5.74, 6) is -1.43. The van der Waals surface area contributed by atoms with E-state index in [0.717, 1.165) is 6.42 Å². The first kappa shape index (κ1) is 19.9. The van der Waals surface area contributed by atoms with E-state index in [0.29, 0.717) is 11.6 Å². The molecule has 0 aromatic heterocycles. The fourth-order valence-electron chi connectivity index (χ4n) is 2.55. The Hall–Kier alpha value is -2.44. The van der Waals surface area contributed by atoms with Gasteiger partial charge in [-0.05, 0) is 57.4 Å². The van der Waals surface area contributed by atoms with E-state index >= 15 is 0 Å². The van der Waals surface area contributed by atoms with Crippen LogP contribution >= 0.6 is 0 Å². The summed E-state index contributed by atoms with van der Waals surface area (Å²) in [4.78, 5) is 37.9. The van der Waals surface area contributed by atoms with Gasteiger partial charge in [-0.1, -0.05) is 6.92 Å². The van der Waals surface area contributed by atoms with Crippen LogP contribution in [0.4, 0.5) is 10.1 Å². The van der Waals surface area contributed by atoms with Crippen LogP contribution in [0.15, 0.2) is 24.3 Å². The highest BCUT2D eigenvalue weighted by Gasteiger charge is 2.41. The van der Waals surface area contributed by atoms with Crippen LogP contribution in [0.25, 0.3) is 0 Å². The molecule has 2 rings (SSSR count). The molecule has 1 aromatic rings. The van der Waals surface area contributed by atoms with Crippen LogP contribution < -0.4 is 5.32 Å². The SMILES string of the molecule is C[C@H]1C[C@@H]1C(=O)OCC(=O)N(CC(=O)Nc1ccc(F)cc1)C(C)(C)C. The molecule has 2 atom stereocenters. The second kappa shape index (κ2) is 7.85. The molecule has 1 N–H and O–H groups in total. The molecule has 0 spiro atoms. The summed E-state index contributed by atoms with van der Waals surface area (Å²) in [7, 11) is 0. The maximum absolute atomic E-state index is 12.9. The summed E-state index contributed by atoms with van der Waals surface area (Å²) in [5, 5.41) is 2.62.